The van der Waals surface area contributed by atoms with Gasteiger partial charge in [-0.05, 0) is 20.8 Å². The molecule has 1 aromatic rings. The maximum atomic E-state index is 11.9. The van der Waals surface area contributed by atoms with Gasteiger partial charge in [0, 0.05) is 17.8 Å². The summed E-state index contributed by atoms with van der Waals surface area (Å²) in [7, 11) is 4.40. The second-order valence-electron chi connectivity index (χ2n) is 12.4. The lowest BCUT2D eigenvalue weighted by molar-refractivity contribution is -0.178. The number of aliphatic hydroxyl groups is 1. The number of aromatic nitrogens is 2. The molecule has 1 N–H and O–H groups in total. The molecular weight excluding hydrogens is 967 g/mol. The maximum Gasteiger partial charge on any atom is 0.348 e. The van der Waals surface area contributed by atoms with E-state index in [1.807, 2.05) is 76.2 Å². The predicted molar refractivity (Wildman–Crippen MR) is 240 cm³/mol. The molecule has 374 valence electrons. The SMILES string of the molecule is CC.CC.CC.CC.CC(C)(C)C(=O)n1ccnc1.COC(=O)COC(=O)CC(O)C(=O)OCC(=O)OC.COC(=O)COC(=O)CC(OC(=O)C(C)(C)C)C(=O)OCC(=O)OC.I. The molecular formula is C41H73IN2O20. The Bertz CT molecular complexity index is 1470. The first-order chi connectivity index (χ1) is 29.4. The van der Waals surface area contributed by atoms with Crippen LogP contribution in [0, 0.1) is 10.8 Å². The summed E-state index contributed by atoms with van der Waals surface area (Å²) in [6.45, 7) is 23.6. The number of carbonyl (C=O) groups excluding carboxylic acids is 10. The Balaban J connectivity index is -0.000000147. The van der Waals surface area contributed by atoms with E-state index in [4.69, 9.17) is 4.74 Å². The van der Waals surface area contributed by atoms with Crippen molar-refractivity contribution >= 4 is 83.6 Å². The van der Waals surface area contributed by atoms with Gasteiger partial charge in [0.15, 0.2) is 32.5 Å². The van der Waals surface area contributed by atoms with E-state index < -0.39 is 111 Å². The van der Waals surface area contributed by atoms with Crippen molar-refractivity contribution in [2.75, 3.05) is 54.9 Å². The first-order valence-corrected chi connectivity index (χ1v) is 19.8. The Morgan fingerprint density at radius 1 is 0.531 bits per heavy atom. The number of esters is 9. The van der Waals surface area contributed by atoms with Crippen molar-refractivity contribution in [2.24, 2.45) is 10.8 Å². The zero-order chi connectivity index (χ0) is 50.9. The van der Waals surface area contributed by atoms with E-state index in [0.29, 0.717) is 0 Å². The molecule has 0 fully saturated rings. The van der Waals surface area contributed by atoms with Gasteiger partial charge >= 0.3 is 53.7 Å². The minimum Gasteiger partial charge on any atom is -0.466 e. The third-order valence-electron chi connectivity index (χ3n) is 5.77. The zero-order valence-corrected chi connectivity index (χ0v) is 43.0. The number of hydrogen-bond donors (Lipinski definition) is 1. The lowest BCUT2D eigenvalue weighted by atomic mass is 9.96. The van der Waals surface area contributed by atoms with Crippen LogP contribution in [-0.4, -0.2) is 141 Å². The number of rotatable bonds is 15. The van der Waals surface area contributed by atoms with Crippen LogP contribution in [0.3, 0.4) is 0 Å². The van der Waals surface area contributed by atoms with Crippen LogP contribution in [-0.2, 0) is 85.8 Å². The third-order valence-corrected chi connectivity index (χ3v) is 5.77. The molecule has 2 atom stereocenters. The predicted octanol–water partition coefficient (Wildman–Crippen LogP) is 4.23. The van der Waals surface area contributed by atoms with E-state index in [0.717, 1.165) is 28.4 Å². The van der Waals surface area contributed by atoms with Crippen LogP contribution in [0.2, 0.25) is 0 Å². The molecule has 22 nitrogen and oxygen atoms in total. The highest BCUT2D eigenvalue weighted by atomic mass is 127. The quantitative estimate of drug-likeness (QED) is 0.146. The van der Waals surface area contributed by atoms with E-state index in [1.54, 1.807) is 33.2 Å². The summed E-state index contributed by atoms with van der Waals surface area (Å²) in [6.07, 6.45) is -0.0583. The fourth-order valence-corrected chi connectivity index (χ4v) is 2.72. The molecule has 0 aliphatic carbocycles. The molecule has 0 aliphatic heterocycles. The molecule has 0 amide bonds. The van der Waals surface area contributed by atoms with Crippen LogP contribution in [0.15, 0.2) is 18.7 Å². The molecule has 0 aliphatic rings. The smallest absolute Gasteiger partial charge is 0.348 e. The summed E-state index contributed by atoms with van der Waals surface area (Å²) in [6, 6.07) is 0. The standard InChI is InChI=1S/C15H22O10.C10H14O9.C8H12N2O.4C2H6.HI/c1-15(2,3)14(20)25-9(13(19)24-8-12(18)22-5)6-10(16)23-7-11(17)21-4;1-16-8(13)4-18-7(12)3-6(11)10(15)19-5-9(14)17-2;1-8(2,3)7(11)10-5-4-9-6-10;4*1-2;/h9H,6-8H2,1-5H3;6,11H,3-5H2,1-2H3;4-6H,1-3H3;4*1-2H3;1H. The highest BCUT2D eigenvalue weighted by molar-refractivity contribution is 14.0. The number of nitrogens with zero attached hydrogens (tertiary/aromatic N) is 2. The molecule has 1 aromatic heterocycles. The van der Waals surface area contributed by atoms with Crippen molar-refractivity contribution in [1.82, 2.24) is 9.55 Å². The summed E-state index contributed by atoms with van der Waals surface area (Å²) < 4.78 is 41.4. The lowest BCUT2D eigenvalue weighted by Crippen LogP contribution is -2.37. The van der Waals surface area contributed by atoms with Gasteiger partial charge in [0.2, 0.25) is 12.0 Å². The first-order valence-electron chi connectivity index (χ1n) is 19.8. The molecule has 0 bridgehead atoms. The lowest BCUT2D eigenvalue weighted by Gasteiger charge is -2.21. The molecule has 0 saturated heterocycles. The first kappa shape index (κ1) is 73.2. The molecule has 1 heterocycles. The van der Waals surface area contributed by atoms with E-state index in [2.05, 4.69) is 42.9 Å². The van der Waals surface area contributed by atoms with Gasteiger partial charge in [-0.1, -0.05) is 76.2 Å². The van der Waals surface area contributed by atoms with Crippen LogP contribution in [0.1, 0.15) is 115 Å². The van der Waals surface area contributed by atoms with Crippen molar-refractivity contribution in [3.63, 3.8) is 0 Å². The topological polar surface area (TPSA) is 292 Å². The van der Waals surface area contributed by atoms with E-state index in [1.165, 1.54) is 10.9 Å². The molecule has 0 radical (unpaired) electrons. The normalized spacial score (nSPS) is 10.2. The van der Waals surface area contributed by atoms with Gasteiger partial charge in [-0.2, -0.15) is 0 Å². The van der Waals surface area contributed by atoms with Crippen molar-refractivity contribution < 1.29 is 95.7 Å². The summed E-state index contributed by atoms with van der Waals surface area (Å²) in [5, 5.41) is 9.25. The fourth-order valence-electron chi connectivity index (χ4n) is 2.72. The van der Waals surface area contributed by atoms with E-state index in [-0.39, 0.29) is 35.3 Å². The van der Waals surface area contributed by atoms with Gasteiger partial charge in [0.1, 0.15) is 6.33 Å². The Morgan fingerprint density at radius 2 is 0.875 bits per heavy atom. The Hall–Kier alpha value is -5.20. The van der Waals surface area contributed by atoms with E-state index in [9.17, 15) is 53.1 Å². The van der Waals surface area contributed by atoms with Crippen LogP contribution >= 0.6 is 24.0 Å². The average molecular weight is 1040 g/mol. The highest BCUT2D eigenvalue weighted by Gasteiger charge is 2.33. The van der Waals surface area contributed by atoms with Crippen molar-refractivity contribution in [1.29, 1.82) is 0 Å². The minimum atomic E-state index is -1.80. The average Bonchev–Trinajstić information content (AvgIpc) is 3.82. The van der Waals surface area contributed by atoms with Crippen LogP contribution in [0.5, 0.6) is 0 Å². The largest absolute Gasteiger partial charge is 0.466 e. The second-order valence-corrected chi connectivity index (χ2v) is 12.4. The molecule has 0 spiro atoms. The van der Waals surface area contributed by atoms with Gasteiger partial charge in [-0.25, -0.2) is 33.8 Å². The number of carbonyl (C=O) groups is 10. The molecule has 0 saturated carbocycles. The summed E-state index contributed by atoms with van der Waals surface area (Å²) >= 11 is 0. The van der Waals surface area contributed by atoms with Crippen LogP contribution in [0.25, 0.3) is 0 Å². The Morgan fingerprint density at radius 3 is 1.19 bits per heavy atom. The molecule has 2 unspecified atom stereocenters. The summed E-state index contributed by atoms with van der Waals surface area (Å²) in [5.41, 5.74) is -1.28. The number of aliphatic hydroxyl groups excluding tert-OH is 1. The number of ether oxygens (including phenoxy) is 9. The number of methoxy groups -OCH3 is 4. The third kappa shape index (κ3) is 40.8. The van der Waals surface area contributed by atoms with Crippen LogP contribution < -0.4 is 0 Å². The van der Waals surface area contributed by atoms with Gasteiger partial charge in [0.25, 0.3) is 0 Å². The molecule has 1 rings (SSSR count). The monoisotopic (exact) mass is 1040 g/mol. The van der Waals surface area contributed by atoms with Gasteiger partial charge in [0.05, 0.1) is 46.7 Å². The Labute approximate surface area is 394 Å². The van der Waals surface area contributed by atoms with Crippen LogP contribution in [0.4, 0.5) is 0 Å². The summed E-state index contributed by atoms with van der Waals surface area (Å²) in [5.74, 6) is -8.22. The number of hydrogen-bond acceptors (Lipinski definition) is 21. The highest BCUT2D eigenvalue weighted by Crippen LogP contribution is 2.18. The van der Waals surface area contributed by atoms with E-state index >= 15 is 0 Å². The molecule has 64 heavy (non-hydrogen) atoms. The molecule has 23 heteroatoms. The van der Waals surface area contributed by atoms with Gasteiger partial charge in [-0.15, -0.1) is 24.0 Å². The number of imidazole rings is 1. The summed E-state index contributed by atoms with van der Waals surface area (Å²) in [4.78, 5) is 116. The fraction of sp³-hybridized carbons (Fsp3) is 0.683. The zero-order valence-electron chi connectivity index (χ0n) is 40.6. The second kappa shape index (κ2) is 44.4. The van der Waals surface area contributed by atoms with Crippen molar-refractivity contribution in [3.05, 3.63) is 18.7 Å². The number of halogens is 1. The van der Waals surface area contributed by atoms with Crippen molar-refractivity contribution in [3.8, 4) is 0 Å². The van der Waals surface area contributed by atoms with Gasteiger partial charge in [-0.3, -0.25) is 23.7 Å². The maximum absolute atomic E-state index is 11.9. The molecule has 0 aromatic carbocycles. The minimum absolute atomic E-state index is 0. The van der Waals surface area contributed by atoms with Gasteiger partial charge < -0.3 is 47.7 Å². The Kier molecular flexibility index (Phi) is 50.8. The van der Waals surface area contributed by atoms with Crippen molar-refractivity contribution in [2.45, 2.75) is 122 Å².